The minimum Gasteiger partial charge on any atom is -0.0613 e. The summed E-state index contributed by atoms with van der Waals surface area (Å²) in [6.07, 6.45) is 2.17. The molecule has 0 aliphatic carbocycles. The molecule has 0 bridgehead atoms. The Hall–Kier alpha value is 0.180. The van der Waals surface area contributed by atoms with Crippen molar-refractivity contribution < 1.29 is 0 Å². The second-order valence-electron chi connectivity index (χ2n) is 2.74. The fourth-order valence-corrected chi connectivity index (χ4v) is 2.74. The third-order valence-electron chi connectivity index (χ3n) is 1.98. The molecule has 0 spiro atoms. The van der Waals surface area contributed by atoms with Crippen LogP contribution < -0.4 is 0 Å². The van der Waals surface area contributed by atoms with Gasteiger partial charge in [-0.2, -0.15) is 0 Å². The molecule has 0 heterocycles. The molecule has 0 atom stereocenters. The third kappa shape index (κ3) is 2.11. The van der Waals surface area contributed by atoms with Crippen molar-refractivity contribution in [2.75, 3.05) is 0 Å². The van der Waals surface area contributed by atoms with Gasteiger partial charge in [-0.05, 0) is 30.0 Å². The zero-order valence-electron chi connectivity index (χ0n) is 7.32. The number of rotatable bonds is 2. The van der Waals surface area contributed by atoms with E-state index in [1.807, 2.05) is 0 Å². The number of hydrogen-bond acceptors (Lipinski definition) is 0. The van der Waals surface area contributed by atoms with Gasteiger partial charge in [0.15, 0.2) is 0 Å². The van der Waals surface area contributed by atoms with Gasteiger partial charge in [0.05, 0.1) is 0 Å². The standard InChI is InChI=1S/C10H12Br2/c1-3-7-5-8(4-2)10(12)6-9(7)11/h5-6H,3-4H2,1-2H3. The van der Waals surface area contributed by atoms with Gasteiger partial charge < -0.3 is 0 Å². The third-order valence-corrected chi connectivity index (χ3v) is 3.45. The van der Waals surface area contributed by atoms with Gasteiger partial charge in [0.1, 0.15) is 0 Å². The Kier molecular flexibility index (Phi) is 3.78. The summed E-state index contributed by atoms with van der Waals surface area (Å²) < 4.78 is 2.41. The molecule has 1 aromatic rings. The average Bonchev–Trinajstić information content (AvgIpc) is 2.05. The van der Waals surface area contributed by atoms with Crippen LogP contribution in [-0.4, -0.2) is 0 Å². The quantitative estimate of drug-likeness (QED) is 0.760. The number of benzene rings is 1. The molecule has 0 radical (unpaired) electrons. The fourth-order valence-electron chi connectivity index (χ4n) is 1.19. The van der Waals surface area contributed by atoms with Crippen LogP contribution in [-0.2, 0) is 12.8 Å². The molecule has 2 heteroatoms. The maximum atomic E-state index is 3.54. The highest BCUT2D eigenvalue weighted by atomic mass is 79.9. The lowest BCUT2D eigenvalue weighted by Crippen LogP contribution is -1.89. The molecule has 0 amide bonds. The zero-order chi connectivity index (χ0) is 9.14. The van der Waals surface area contributed by atoms with Crippen LogP contribution in [0.2, 0.25) is 0 Å². The van der Waals surface area contributed by atoms with E-state index in [4.69, 9.17) is 0 Å². The van der Waals surface area contributed by atoms with Crippen LogP contribution in [0.3, 0.4) is 0 Å². The topological polar surface area (TPSA) is 0 Å². The highest BCUT2D eigenvalue weighted by Gasteiger charge is 2.03. The highest BCUT2D eigenvalue weighted by Crippen LogP contribution is 2.26. The lowest BCUT2D eigenvalue weighted by Gasteiger charge is -2.06. The average molecular weight is 292 g/mol. The summed E-state index contributed by atoms with van der Waals surface area (Å²) in [4.78, 5) is 0. The molecule has 0 aliphatic rings. The van der Waals surface area contributed by atoms with Crippen molar-refractivity contribution in [2.24, 2.45) is 0 Å². The van der Waals surface area contributed by atoms with Crippen LogP contribution in [0.5, 0.6) is 0 Å². The predicted molar refractivity (Wildman–Crippen MR) is 60.6 cm³/mol. The van der Waals surface area contributed by atoms with E-state index in [1.54, 1.807) is 0 Å². The number of halogens is 2. The second kappa shape index (κ2) is 4.43. The van der Waals surface area contributed by atoms with E-state index in [1.165, 1.54) is 20.1 Å². The number of hydrogen-bond donors (Lipinski definition) is 0. The Balaban J connectivity index is 3.18. The SMILES string of the molecule is CCc1cc(CC)c(Br)cc1Br. The molecule has 0 nitrogen and oxygen atoms in total. The molecule has 0 unspecified atom stereocenters. The Morgan fingerprint density at radius 1 is 0.917 bits per heavy atom. The fraction of sp³-hybridized carbons (Fsp3) is 0.400. The van der Waals surface area contributed by atoms with Crippen molar-refractivity contribution in [3.05, 3.63) is 32.2 Å². The largest absolute Gasteiger partial charge is 0.0613 e. The van der Waals surface area contributed by atoms with Gasteiger partial charge >= 0.3 is 0 Å². The van der Waals surface area contributed by atoms with E-state index in [9.17, 15) is 0 Å². The summed E-state index contributed by atoms with van der Waals surface area (Å²) in [5.74, 6) is 0. The normalized spacial score (nSPS) is 10.3. The molecule has 0 saturated heterocycles. The molecular formula is C10H12Br2. The van der Waals surface area contributed by atoms with E-state index in [0.717, 1.165) is 12.8 Å². The molecular weight excluding hydrogens is 280 g/mol. The zero-order valence-corrected chi connectivity index (χ0v) is 10.5. The molecule has 0 aromatic heterocycles. The van der Waals surface area contributed by atoms with Gasteiger partial charge in [0.2, 0.25) is 0 Å². The maximum Gasteiger partial charge on any atom is 0.0218 e. The van der Waals surface area contributed by atoms with Crippen LogP contribution in [0, 0.1) is 0 Å². The van der Waals surface area contributed by atoms with E-state index in [2.05, 4.69) is 57.8 Å². The smallest absolute Gasteiger partial charge is 0.0218 e. The molecule has 0 fully saturated rings. The van der Waals surface area contributed by atoms with Gasteiger partial charge in [-0.1, -0.05) is 51.8 Å². The van der Waals surface area contributed by atoms with E-state index < -0.39 is 0 Å². The summed E-state index contributed by atoms with van der Waals surface area (Å²) in [7, 11) is 0. The Morgan fingerprint density at radius 3 is 1.67 bits per heavy atom. The summed E-state index contributed by atoms with van der Waals surface area (Å²) in [5.41, 5.74) is 2.77. The molecule has 0 saturated carbocycles. The lowest BCUT2D eigenvalue weighted by molar-refractivity contribution is 1.07. The lowest BCUT2D eigenvalue weighted by atomic mass is 10.1. The molecule has 1 aromatic carbocycles. The molecule has 12 heavy (non-hydrogen) atoms. The summed E-state index contributed by atoms with van der Waals surface area (Å²) >= 11 is 7.08. The minimum atomic E-state index is 1.08. The maximum absolute atomic E-state index is 3.54. The van der Waals surface area contributed by atoms with Gasteiger partial charge in [-0.15, -0.1) is 0 Å². The van der Waals surface area contributed by atoms with Crippen LogP contribution in [0.1, 0.15) is 25.0 Å². The first-order valence-electron chi connectivity index (χ1n) is 4.15. The number of aryl methyl sites for hydroxylation is 2. The Bertz CT molecular complexity index is 254. The molecule has 66 valence electrons. The summed E-state index contributed by atoms with van der Waals surface area (Å²) in [6.45, 7) is 4.35. The summed E-state index contributed by atoms with van der Waals surface area (Å²) in [6, 6.07) is 4.39. The first-order valence-corrected chi connectivity index (χ1v) is 5.74. The molecule has 1 rings (SSSR count). The Labute approximate surface area is 90.6 Å². The Morgan fingerprint density at radius 2 is 1.33 bits per heavy atom. The highest BCUT2D eigenvalue weighted by molar-refractivity contribution is 9.11. The van der Waals surface area contributed by atoms with E-state index in [-0.39, 0.29) is 0 Å². The van der Waals surface area contributed by atoms with Crippen LogP contribution in [0.15, 0.2) is 21.1 Å². The van der Waals surface area contributed by atoms with Crippen molar-refractivity contribution >= 4 is 31.9 Å². The van der Waals surface area contributed by atoms with Gasteiger partial charge in [0.25, 0.3) is 0 Å². The van der Waals surface area contributed by atoms with Gasteiger partial charge in [-0.25, -0.2) is 0 Å². The van der Waals surface area contributed by atoms with Crippen molar-refractivity contribution in [2.45, 2.75) is 26.7 Å². The molecule has 0 aliphatic heterocycles. The minimum absolute atomic E-state index is 1.08. The van der Waals surface area contributed by atoms with Gasteiger partial charge in [0, 0.05) is 8.95 Å². The first kappa shape index (κ1) is 10.3. The van der Waals surface area contributed by atoms with Crippen LogP contribution in [0.4, 0.5) is 0 Å². The van der Waals surface area contributed by atoms with Crippen LogP contribution in [0.25, 0.3) is 0 Å². The summed E-state index contributed by atoms with van der Waals surface area (Å²) in [5, 5.41) is 0. The van der Waals surface area contributed by atoms with Crippen LogP contribution >= 0.6 is 31.9 Å². The first-order chi connectivity index (χ1) is 5.69. The monoisotopic (exact) mass is 290 g/mol. The van der Waals surface area contributed by atoms with Crippen molar-refractivity contribution in [1.29, 1.82) is 0 Å². The van der Waals surface area contributed by atoms with E-state index >= 15 is 0 Å². The van der Waals surface area contributed by atoms with Crippen molar-refractivity contribution in [3.63, 3.8) is 0 Å². The van der Waals surface area contributed by atoms with Crippen molar-refractivity contribution in [1.82, 2.24) is 0 Å². The van der Waals surface area contributed by atoms with Crippen molar-refractivity contribution in [3.8, 4) is 0 Å². The van der Waals surface area contributed by atoms with Gasteiger partial charge in [-0.3, -0.25) is 0 Å². The second-order valence-corrected chi connectivity index (χ2v) is 4.45. The molecule has 0 N–H and O–H groups in total. The van der Waals surface area contributed by atoms with E-state index in [0.29, 0.717) is 0 Å². The predicted octanol–water partition coefficient (Wildman–Crippen LogP) is 4.34.